The van der Waals surface area contributed by atoms with Crippen molar-refractivity contribution in [1.29, 1.82) is 5.26 Å². The lowest BCUT2D eigenvalue weighted by atomic mass is 10.0. The third-order valence-electron chi connectivity index (χ3n) is 6.24. The number of allylic oxidation sites excluding steroid dienone is 1. The lowest BCUT2D eigenvalue weighted by Crippen LogP contribution is -2.18. The van der Waals surface area contributed by atoms with Crippen LogP contribution in [0.5, 0.6) is 11.5 Å². The van der Waals surface area contributed by atoms with Gasteiger partial charge in [0.15, 0.2) is 0 Å². The van der Waals surface area contributed by atoms with E-state index in [1.54, 1.807) is 0 Å². The Morgan fingerprint density at radius 3 is 2.23 bits per heavy atom. The molecule has 9 nitrogen and oxygen atoms in total. The van der Waals surface area contributed by atoms with Crippen molar-refractivity contribution in [3.05, 3.63) is 33.0 Å². The number of thioether (sulfide) groups is 2. The number of rotatable bonds is 18. The van der Waals surface area contributed by atoms with E-state index in [0.717, 1.165) is 28.2 Å². The van der Waals surface area contributed by atoms with Gasteiger partial charge in [0.05, 0.1) is 59.0 Å². The molecule has 0 aliphatic carbocycles. The molecule has 0 fully saturated rings. The van der Waals surface area contributed by atoms with Gasteiger partial charge >= 0.3 is 5.97 Å². The molecule has 1 aliphatic rings. The van der Waals surface area contributed by atoms with Gasteiger partial charge in [0.2, 0.25) is 0 Å². The van der Waals surface area contributed by atoms with E-state index in [-0.39, 0.29) is 55.7 Å². The average Bonchev–Trinajstić information content (AvgIpc) is 3.40. The van der Waals surface area contributed by atoms with Gasteiger partial charge < -0.3 is 23.7 Å². The van der Waals surface area contributed by atoms with Crippen molar-refractivity contribution in [2.75, 3.05) is 46.2 Å². The predicted octanol–water partition coefficient (Wildman–Crippen LogP) is 6.19. The number of ketones is 1. The number of ether oxygens (including phenoxy) is 5. The number of carbonyl (C=O) groups is 2. The molecule has 0 aromatic heterocycles. The molecule has 1 aromatic rings. The number of hydrogen-bond donors (Lipinski definition) is 0. The number of benzene rings is 1. The zero-order valence-corrected chi connectivity index (χ0v) is 25.5. The minimum absolute atomic E-state index is 0.0188. The number of esters is 1. The maximum atomic E-state index is 12.0. The van der Waals surface area contributed by atoms with Crippen LogP contribution < -0.4 is 9.47 Å². The van der Waals surface area contributed by atoms with Crippen molar-refractivity contribution in [2.45, 2.75) is 63.7 Å². The lowest BCUT2D eigenvalue weighted by molar-refractivity contribution is -0.149. The Labute approximate surface area is 245 Å². The molecule has 1 heterocycles. The summed E-state index contributed by atoms with van der Waals surface area (Å²) in [5, 5.41) is 9.40. The molecular formula is C29H38N2O7S2. The molecule has 0 saturated heterocycles. The first-order valence-corrected chi connectivity index (χ1v) is 15.1. The topological polar surface area (TPSA) is 108 Å². The van der Waals surface area contributed by atoms with E-state index in [2.05, 4.69) is 4.85 Å². The van der Waals surface area contributed by atoms with E-state index in [1.807, 2.05) is 46.8 Å². The molecule has 0 N–H and O–H groups in total. The highest BCUT2D eigenvalue weighted by atomic mass is 32.2. The van der Waals surface area contributed by atoms with Crippen LogP contribution in [0.2, 0.25) is 0 Å². The van der Waals surface area contributed by atoms with Crippen LogP contribution in [-0.4, -0.2) is 58.0 Å². The summed E-state index contributed by atoms with van der Waals surface area (Å²) in [6, 6.07) is 3.83. The maximum Gasteiger partial charge on any atom is 0.308 e. The van der Waals surface area contributed by atoms with Crippen molar-refractivity contribution in [3.63, 3.8) is 0 Å². The van der Waals surface area contributed by atoms with E-state index in [9.17, 15) is 14.9 Å². The summed E-state index contributed by atoms with van der Waals surface area (Å²) in [5.74, 6) is 1.15. The fourth-order valence-corrected chi connectivity index (χ4v) is 5.96. The van der Waals surface area contributed by atoms with E-state index in [4.69, 9.17) is 30.3 Å². The van der Waals surface area contributed by atoms with Crippen LogP contribution in [0.15, 0.2) is 25.8 Å². The van der Waals surface area contributed by atoms with Crippen LogP contribution in [-0.2, 0) is 23.8 Å². The fraction of sp³-hybridized carbons (Fsp3) is 0.586. The van der Waals surface area contributed by atoms with E-state index >= 15 is 0 Å². The second kappa shape index (κ2) is 17.9. The lowest BCUT2D eigenvalue weighted by Gasteiger charge is -2.17. The Morgan fingerprint density at radius 1 is 0.950 bits per heavy atom. The van der Waals surface area contributed by atoms with Crippen LogP contribution in [0.4, 0.5) is 0 Å². The Hall–Kier alpha value is -2.70. The molecule has 40 heavy (non-hydrogen) atoms. The third-order valence-corrected chi connectivity index (χ3v) is 8.83. The van der Waals surface area contributed by atoms with Gasteiger partial charge in [-0.1, -0.05) is 51.2 Å². The summed E-state index contributed by atoms with van der Waals surface area (Å²) in [6.45, 7) is 18.9. The number of nitrogens with zero attached hydrogens (tertiary/aromatic N) is 2. The molecule has 11 heteroatoms. The SMILES string of the molecule is [C-]#[N+]/C(C#N)=C1\Sc2c(OCCOCCC(=O)C(C)CC)cc(C)c(OCCOCCOC(=O)C(C)CC)c2S1. The molecule has 0 spiro atoms. The number of carbonyl (C=O) groups excluding carboxylic acids is 2. The number of aryl methyl sites for hydroxylation is 1. The average molecular weight is 591 g/mol. The summed E-state index contributed by atoms with van der Waals surface area (Å²) < 4.78 is 29.0. The first-order valence-electron chi connectivity index (χ1n) is 13.4. The van der Waals surface area contributed by atoms with E-state index in [1.165, 1.54) is 23.5 Å². The number of fused-ring (bicyclic) bond motifs is 1. The largest absolute Gasteiger partial charge is 0.490 e. The highest BCUT2D eigenvalue weighted by Crippen LogP contribution is 2.59. The van der Waals surface area contributed by atoms with E-state index in [0.29, 0.717) is 42.0 Å². The molecule has 2 atom stereocenters. The summed E-state index contributed by atoms with van der Waals surface area (Å²) in [6.07, 6.45) is 1.94. The van der Waals surface area contributed by atoms with Crippen molar-refractivity contribution in [1.82, 2.24) is 0 Å². The van der Waals surface area contributed by atoms with Crippen LogP contribution in [0.3, 0.4) is 0 Å². The Morgan fingerprint density at radius 2 is 1.57 bits per heavy atom. The second-order valence-corrected chi connectivity index (χ2v) is 11.5. The zero-order chi connectivity index (χ0) is 29.5. The number of hydrogen-bond acceptors (Lipinski definition) is 10. The van der Waals surface area contributed by atoms with Gasteiger partial charge in [-0.25, -0.2) is 10.1 Å². The van der Waals surface area contributed by atoms with Gasteiger partial charge in [-0.2, -0.15) is 0 Å². The molecule has 1 aliphatic heterocycles. The molecule has 0 radical (unpaired) electrons. The van der Waals surface area contributed by atoms with Crippen LogP contribution in [0.1, 0.15) is 52.5 Å². The minimum Gasteiger partial charge on any atom is -0.490 e. The summed E-state index contributed by atoms with van der Waals surface area (Å²) in [4.78, 5) is 28.6. The van der Waals surface area contributed by atoms with Gasteiger partial charge in [0, 0.05) is 12.3 Å². The highest BCUT2D eigenvalue weighted by Gasteiger charge is 2.30. The summed E-state index contributed by atoms with van der Waals surface area (Å²) in [7, 11) is 0. The standard InChI is InChI=1S/C29H38N2O7S2/c1-7-19(3)23(32)9-10-34-11-14-36-24-17-21(5)25(27-26(24)39-29(40-27)22(18-30)31-6)37-15-12-35-13-16-38-28(33)20(4)8-2/h17,19-20H,7-16H2,1-5H3/b29-22+. The normalized spacial score (nSPS) is 14.9. The smallest absolute Gasteiger partial charge is 0.308 e. The number of nitriles is 1. The molecule has 0 amide bonds. The molecule has 218 valence electrons. The molecule has 2 unspecified atom stereocenters. The number of Topliss-reactive ketones (excluding diaryl/α,β-unsaturated/α-hetero) is 1. The van der Waals surface area contributed by atoms with Gasteiger partial charge in [0.25, 0.3) is 5.70 Å². The van der Waals surface area contributed by atoms with Gasteiger partial charge in [-0.15, -0.1) is 0 Å². The molecule has 0 bridgehead atoms. The first kappa shape index (κ1) is 33.5. The molecule has 2 rings (SSSR count). The minimum atomic E-state index is -0.228. The molecule has 0 saturated carbocycles. The van der Waals surface area contributed by atoms with Crippen LogP contribution >= 0.6 is 23.5 Å². The van der Waals surface area contributed by atoms with Gasteiger partial charge in [-0.05, 0) is 31.4 Å². The van der Waals surface area contributed by atoms with Crippen molar-refractivity contribution < 1.29 is 33.3 Å². The van der Waals surface area contributed by atoms with Crippen LogP contribution in [0, 0.1) is 36.7 Å². The Balaban J connectivity index is 1.97. The zero-order valence-electron chi connectivity index (χ0n) is 23.9. The Bertz CT molecular complexity index is 1120. The Kier molecular flexibility index (Phi) is 15.0. The van der Waals surface area contributed by atoms with Crippen molar-refractivity contribution in [3.8, 4) is 17.6 Å². The van der Waals surface area contributed by atoms with Crippen LogP contribution in [0.25, 0.3) is 4.85 Å². The summed E-state index contributed by atoms with van der Waals surface area (Å²) in [5.41, 5.74) is 0.859. The quantitative estimate of drug-likeness (QED) is 0.0850. The maximum absolute atomic E-state index is 12.0. The predicted molar refractivity (Wildman–Crippen MR) is 154 cm³/mol. The van der Waals surface area contributed by atoms with Gasteiger partial charge in [0.1, 0.15) is 37.1 Å². The summed E-state index contributed by atoms with van der Waals surface area (Å²) >= 11 is 2.63. The second-order valence-electron chi connectivity index (χ2n) is 9.17. The van der Waals surface area contributed by atoms with E-state index < -0.39 is 0 Å². The molecule has 1 aromatic carbocycles. The highest BCUT2D eigenvalue weighted by molar-refractivity contribution is 8.24. The fourth-order valence-electron chi connectivity index (χ4n) is 3.39. The monoisotopic (exact) mass is 590 g/mol. The van der Waals surface area contributed by atoms with Crippen molar-refractivity contribution in [2.24, 2.45) is 11.8 Å². The first-order chi connectivity index (χ1) is 19.3. The van der Waals surface area contributed by atoms with Crippen molar-refractivity contribution >= 4 is 35.3 Å². The third kappa shape index (κ3) is 10.0. The van der Waals surface area contributed by atoms with Gasteiger partial charge in [-0.3, -0.25) is 9.59 Å². The molecular weight excluding hydrogens is 552 g/mol.